The highest BCUT2D eigenvalue weighted by atomic mass is 16.6. The average Bonchev–Trinajstić information content (AvgIpc) is 3.21. The van der Waals surface area contributed by atoms with Crippen LogP contribution in [0, 0.1) is 46.8 Å². The summed E-state index contributed by atoms with van der Waals surface area (Å²) in [5.74, 6) is -0.430. The molecule has 4 rings (SSSR count). The van der Waals surface area contributed by atoms with Crippen LogP contribution >= 0.6 is 0 Å². The second-order valence-electron chi connectivity index (χ2n) is 13.6. The third kappa shape index (κ3) is 6.17. The molecule has 4 aliphatic rings. The predicted molar refractivity (Wildman–Crippen MR) is 157 cm³/mol. The topological polar surface area (TPSA) is 175 Å². The van der Waals surface area contributed by atoms with Crippen molar-refractivity contribution in [1.29, 1.82) is 0 Å². The number of amides is 2. The summed E-state index contributed by atoms with van der Waals surface area (Å²) in [6.45, 7) is 7.46. The molecule has 0 bridgehead atoms. The van der Waals surface area contributed by atoms with Crippen molar-refractivity contribution in [2.75, 3.05) is 6.61 Å². The van der Waals surface area contributed by atoms with Crippen molar-refractivity contribution in [3.05, 3.63) is 11.6 Å². The number of nitrogens with zero attached hydrogens (tertiary/aromatic N) is 1. The monoisotopic (exact) mass is 599 g/mol. The van der Waals surface area contributed by atoms with Gasteiger partial charge in [0.15, 0.2) is 6.61 Å². The van der Waals surface area contributed by atoms with E-state index < -0.39 is 60.4 Å². The molecular formula is C32H45N3O8. The normalized spacial score (nSPS) is 35.3. The van der Waals surface area contributed by atoms with Gasteiger partial charge in [-0.1, -0.05) is 44.3 Å². The number of fused-ring (bicyclic) bond motifs is 5. The lowest BCUT2D eigenvalue weighted by atomic mass is 9.46. The molecule has 3 fully saturated rings. The molecule has 236 valence electrons. The SMILES string of the molecule is C#C[C@@]1(O)CC[C@H]2[C@@H]3CCC4=C/C(=N/OCC(=O)N[C@H](C(=O)N[C@@H](CC(=O)O)C(=O)O)C(C)C)CC[C@]4(C)[C@H]3CC[C@@]21C. The zero-order chi connectivity index (χ0) is 31.7. The highest BCUT2D eigenvalue weighted by molar-refractivity contribution is 5.96. The van der Waals surface area contributed by atoms with Crippen LogP contribution in [0.15, 0.2) is 16.8 Å². The van der Waals surface area contributed by atoms with Crippen molar-refractivity contribution in [1.82, 2.24) is 10.6 Å². The molecule has 0 saturated heterocycles. The van der Waals surface area contributed by atoms with Crippen molar-refractivity contribution < 1.29 is 39.3 Å². The molecule has 11 nitrogen and oxygen atoms in total. The number of aliphatic hydroxyl groups is 1. The van der Waals surface area contributed by atoms with Crippen molar-refractivity contribution in [2.24, 2.45) is 39.7 Å². The Labute approximate surface area is 252 Å². The van der Waals surface area contributed by atoms with E-state index in [4.69, 9.17) is 16.4 Å². The van der Waals surface area contributed by atoms with Gasteiger partial charge in [-0.15, -0.1) is 6.42 Å². The van der Waals surface area contributed by atoms with Gasteiger partial charge in [0.25, 0.3) is 5.91 Å². The van der Waals surface area contributed by atoms with E-state index in [1.807, 2.05) is 0 Å². The second-order valence-corrected chi connectivity index (χ2v) is 13.6. The highest BCUT2D eigenvalue weighted by Gasteiger charge is 2.63. The number of terminal acetylenes is 1. The van der Waals surface area contributed by atoms with E-state index in [9.17, 15) is 29.4 Å². The molecule has 8 atom stereocenters. The number of rotatable bonds is 10. The Morgan fingerprint density at radius 3 is 2.40 bits per heavy atom. The smallest absolute Gasteiger partial charge is 0.326 e. The summed E-state index contributed by atoms with van der Waals surface area (Å²) in [5.41, 5.74) is 0.909. The maximum atomic E-state index is 12.6. The van der Waals surface area contributed by atoms with E-state index in [1.165, 1.54) is 5.57 Å². The molecule has 2 amide bonds. The van der Waals surface area contributed by atoms with E-state index in [-0.39, 0.29) is 10.8 Å². The lowest BCUT2D eigenvalue weighted by Crippen LogP contribution is -2.54. The first kappa shape index (κ1) is 32.5. The standard InChI is InChI=1S/C32H45N3O8/c1-6-32(42)14-11-23-21-8-7-19-15-20(9-12-30(19,4)22(21)10-13-31(23,32)5)35-43-17-25(36)34-27(18(2)3)28(39)33-24(29(40)41)16-26(37)38/h1,15,18,21-24,27,42H,7-14,16-17H2,2-5H3,(H,33,39)(H,34,36)(H,37,38)(H,40,41)/b35-20+/t21-,22+,23+,24+,27+,30+,31+,32-/m1/s1. The van der Waals surface area contributed by atoms with Crippen LogP contribution in [-0.4, -0.2) is 69.1 Å². The van der Waals surface area contributed by atoms with Gasteiger partial charge in [0.1, 0.15) is 17.7 Å². The summed E-state index contributed by atoms with van der Waals surface area (Å²) in [5, 5.41) is 38.3. The first-order valence-corrected chi connectivity index (χ1v) is 15.3. The van der Waals surface area contributed by atoms with E-state index in [1.54, 1.807) is 13.8 Å². The molecular weight excluding hydrogens is 554 g/mol. The van der Waals surface area contributed by atoms with Crippen molar-refractivity contribution in [2.45, 2.75) is 103 Å². The van der Waals surface area contributed by atoms with Crippen LogP contribution in [-0.2, 0) is 24.0 Å². The minimum Gasteiger partial charge on any atom is -0.481 e. The molecule has 11 heteroatoms. The van der Waals surface area contributed by atoms with Gasteiger partial charge in [-0.25, -0.2) is 4.79 Å². The zero-order valence-corrected chi connectivity index (χ0v) is 25.5. The lowest BCUT2D eigenvalue weighted by Gasteiger charge is -2.58. The number of hydrogen-bond acceptors (Lipinski definition) is 7. The fourth-order valence-corrected chi connectivity index (χ4v) is 8.46. The van der Waals surface area contributed by atoms with Crippen LogP contribution in [0.5, 0.6) is 0 Å². The minimum atomic E-state index is -1.62. The molecule has 5 N–H and O–H groups in total. The van der Waals surface area contributed by atoms with E-state index >= 15 is 0 Å². The van der Waals surface area contributed by atoms with Crippen molar-refractivity contribution >= 4 is 29.5 Å². The quantitative estimate of drug-likeness (QED) is 0.188. The van der Waals surface area contributed by atoms with Gasteiger partial charge in [0.2, 0.25) is 5.91 Å². The van der Waals surface area contributed by atoms with Gasteiger partial charge in [-0.2, -0.15) is 0 Å². The molecule has 43 heavy (non-hydrogen) atoms. The Balaban J connectivity index is 1.35. The average molecular weight is 600 g/mol. The molecule has 4 aliphatic carbocycles. The van der Waals surface area contributed by atoms with E-state index in [0.29, 0.717) is 30.6 Å². The zero-order valence-electron chi connectivity index (χ0n) is 25.5. The second kappa shape index (κ2) is 12.3. The summed E-state index contributed by atoms with van der Waals surface area (Å²) >= 11 is 0. The Morgan fingerprint density at radius 2 is 1.77 bits per heavy atom. The molecule has 0 heterocycles. The van der Waals surface area contributed by atoms with Gasteiger partial charge < -0.3 is 30.8 Å². The Hall–Kier alpha value is -3.39. The molecule has 3 saturated carbocycles. The van der Waals surface area contributed by atoms with Crippen LogP contribution in [0.2, 0.25) is 0 Å². The minimum absolute atomic E-state index is 0.0454. The number of oxime groups is 1. The predicted octanol–water partition coefficient (Wildman–Crippen LogP) is 2.87. The van der Waals surface area contributed by atoms with Gasteiger partial charge in [-0.05, 0) is 86.5 Å². The van der Waals surface area contributed by atoms with Crippen LogP contribution in [0.4, 0.5) is 0 Å². The molecule has 0 aliphatic heterocycles. The van der Waals surface area contributed by atoms with Crippen LogP contribution < -0.4 is 10.6 Å². The van der Waals surface area contributed by atoms with E-state index in [2.05, 4.69) is 41.6 Å². The molecule has 0 aromatic carbocycles. The summed E-state index contributed by atoms with van der Waals surface area (Å²) in [4.78, 5) is 52.9. The number of carbonyl (C=O) groups is 4. The third-order valence-corrected chi connectivity index (χ3v) is 11.0. The fourth-order valence-electron chi connectivity index (χ4n) is 8.46. The molecule has 0 aromatic heterocycles. The largest absolute Gasteiger partial charge is 0.481 e. The summed E-state index contributed by atoms with van der Waals surface area (Å²) < 4.78 is 0. The third-order valence-electron chi connectivity index (χ3n) is 11.0. The van der Waals surface area contributed by atoms with Gasteiger partial charge in [0.05, 0.1) is 12.1 Å². The number of hydrogen-bond donors (Lipinski definition) is 5. The van der Waals surface area contributed by atoms with Gasteiger partial charge in [0, 0.05) is 5.41 Å². The number of aliphatic carboxylic acids is 2. The summed E-state index contributed by atoms with van der Waals surface area (Å²) in [7, 11) is 0. The van der Waals surface area contributed by atoms with E-state index in [0.717, 1.165) is 44.2 Å². The van der Waals surface area contributed by atoms with Crippen molar-refractivity contribution in [3.8, 4) is 12.3 Å². The highest BCUT2D eigenvalue weighted by Crippen LogP contribution is 2.67. The molecule has 0 aromatic rings. The number of carbonyl (C=O) groups excluding carboxylic acids is 2. The molecule has 0 radical (unpaired) electrons. The fraction of sp³-hybridized carbons (Fsp3) is 0.719. The van der Waals surface area contributed by atoms with Crippen molar-refractivity contribution in [3.63, 3.8) is 0 Å². The number of carboxylic acids is 2. The Morgan fingerprint density at radius 1 is 1.07 bits per heavy atom. The van der Waals surface area contributed by atoms with Gasteiger partial charge >= 0.3 is 11.9 Å². The first-order chi connectivity index (χ1) is 20.1. The molecule has 0 unspecified atom stereocenters. The lowest BCUT2D eigenvalue weighted by molar-refractivity contribution is -0.147. The summed E-state index contributed by atoms with van der Waals surface area (Å²) in [6, 6.07) is -2.70. The van der Waals surface area contributed by atoms with Crippen LogP contribution in [0.3, 0.4) is 0 Å². The molecule has 0 spiro atoms. The first-order valence-electron chi connectivity index (χ1n) is 15.3. The Bertz CT molecular complexity index is 1250. The number of nitrogens with one attached hydrogen (secondary N) is 2. The maximum absolute atomic E-state index is 12.6. The van der Waals surface area contributed by atoms with Gasteiger partial charge in [-0.3, -0.25) is 14.4 Å². The number of carboxylic acid groups (broad SMARTS) is 2. The van der Waals surface area contributed by atoms with Crippen LogP contribution in [0.25, 0.3) is 0 Å². The Kier molecular flexibility index (Phi) is 9.31. The van der Waals surface area contributed by atoms with Crippen LogP contribution in [0.1, 0.15) is 85.5 Å². The number of allylic oxidation sites excluding steroid dienone is 2. The maximum Gasteiger partial charge on any atom is 0.326 e. The summed E-state index contributed by atoms with van der Waals surface area (Å²) in [6.07, 6.45) is 14.4.